The molecule has 0 atom stereocenters. The number of phenols is 1. The molecule has 82 valence electrons. The van der Waals surface area contributed by atoms with Crippen molar-refractivity contribution in [3.63, 3.8) is 0 Å². The zero-order valence-corrected chi connectivity index (χ0v) is 9.77. The predicted molar refractivity (Wildman–Crippen MR) is 57.4 cm³/mol. The van der Waals surface area contributed by atoms with Crippen molar-refractivity contribution in [3.8, 4) is 11.5 Å². The molecule has 0 amide bonds. The van der Waals surface area contributed by atoms with Crippen molar-refractivity contribution >= 4 is 15.9 Å². The number of hydrogen-bond donors (Lipinski definition) is 2. The van der Waals surface area contributed by atoms with Crippen molar-refractivity contribution in [2.45, 2.75) is 18.4 Å². The Kier molecular flexibility index (Phi) is 2.39. The molecule has 1 aromatic rings. The largest absolute Gasteiger partial charge is 0.504 e. The summed E-state index contributed by atoms with van der Waals surface area (Å²) in [5, 5.41) is 9.39. The summed E-state index contributed by atoms with van der Waals surface area (Å²) in [5.74, 6) is -0.719. The molecule has 0 aliphatic heterocycles. The fourth-order valence-corrected chi connectivity index (χ4v) is 2.13. The van der Waals surface area contributed by atoms with Crippen LogP contribution in [0.1, 0.15) is 18.4 Å². The first kappa shape index (κ1) is 10.7. The summed E-state index contributed by atoms with van der Waals surface area (Å²) in [7, 11) is 1.46. The molecule has 0 bridgehead atoms. The fourth-order valence-electron chi connectivity index (χ4n) is 1.56. The van der Waals surface area contributed by atoms with E-state index >= 15 is 0 Å². The molecule has 2 rings (SSSR count). The number of ether oxygens (including phenoxy) is 1. The highest BCUT2D eigenvalue weighted by Gasteiger charge is 2.43. The fraction of sp³-hybridized carbons (Fsp3) is 0.400. The summed E-state index contributed by atoms with van der Waals surface area (Å²) in [4.78, 5) is 0. The summed E-state index contributed by atoms with van der Waals surface area (Å²) in [5.41, 5.74) is 6.09. The number of nitrogens with two attached hydrogens (primary N) is 1. The molecule has 15 heavy (non-hydrogen) atoms. The number of methoxy groups -OCH3 is 1. The average molecular weight is 276 g/mol. The zero-order chi connectivity index (χ0) is 11.2. The number of benzene rings is 1. The molecule has 1 aliphatic carbocycles. The molecule has 5 heteroatoms. The summed E-state index contributed by atoms with van der Waals surface area (Å²) >= 11 is 3.09. The first-order chi connectivity index (χ1) is 6.99. The van der Waals surface area contributed by atoms with Crippen LogP contribution in [0.2, 0.25) is 0 Å². The van der Waals surface area contributed by atoms with Gasteiger partial charge in [-0.25, -0.2) is 4.39 Å². The standard InChI is InChI=1S/C10H11BrFNO2/c1-15-9-5(10(13)2-3-10)4-6(12)8(14)7(9)11/h4,14H,2-3,13H2,1H3. The highest BCUT2D eigenvalue weighted by atomic mass is 79.9. The third-order valence-corrected chi connectivity index (χ3v) is 3.41. The topological polar surface area (TPSA) is 55.5 Å². The number of aromatic hydroxyl groups is 1. The minimum absolute atomic E-state index is 0.219. The first-order valence-corrected chi connectivity index (χ1v) is 5.33. The molecule has 0 heterocycles. The molecule has 0 saturated heterocycles. The Labute approximate surface area is 95.2 Å². The average Bonchev–Trinajstić information content (AvgIpc) is 2.94. The van der Waals surface area contributed by atoms with Crippen LogP contribution in [0.25, 0.3) is 0 Å². The van der Waals surface area contributed by atoms with Gasteiger partial charge in [0, 0.05) is 11.1 Å². The number of halogens is 2. The van der Waals surface area contributed by atoms with Crippen molar-refractivity contribution in [3.05, 3.63) is 21.9 Å². The highest BCUT2D eigenvalue weighted by molar-refractivity contribution is 9.10. The molecule has 0 spiro atoms. The molecular weight excluding hydrogens is 265 g/mol. The number of phenolic OH excluding ortho intramolecular Hbond substituents is 1. The van der Waals surface area contributed by atoms with Crippen LogP contribution in [0.3, 0.4) is 0 Å². The maximum atomic E-state index is 13.3. The SMILES string of the molecule is COc1c(C2(N)CC2)cc(F)c(O)c1Br. The van der Waals surface area contributed by atoms with Crippen LogP contribution in [0.4, 0.5) is 4.39 Å². The van der Waals surface area contributed by atoms with Crippen LogP contribution in [-0.2, 0) is 5.54 Å². The summed E-state index contributed by atoms with van der Waals surface area (Å²) in [6, 6.07) is 1.24. The van der Waals surface area contributed by atoms with Gasteiger partial charge in [0.25, 0.3) is 0 Å². The van der Waals surface area contributed by atoms with Crippen molar-refractivity contribution in [2.75, 3.05) is 7.11 Å². The van der Waals surface area contributed by atoms with Gasteiger partial charge in [-0.05, 0) is 34.8 Å². The quantitative estimate of drug-likeness (QED) is 0.871. The van der Waals surface area contributed by atoms with Gasteiger partial charge in [0.15, 0.2) is 11.6 Å². The normalized spacial score (nSPS) is 17.6. The van der Waals surface area contributed by atoms with Gasteiger partial charge in [0.2, 0.25) is 0 Å². The van der Waals surface area contributed by atoms with Gasteiger partial charge < -0.3 is 15.6 Å². The number of hydrogen-bond acceptors (Lipinski definition) is 3. The van der Waals surface area contributed by atoms with Crippen molar-refractivity contribution in [1.29, 1.82) is 0 Å². The van der Waals surface area contributed by atoms with E-state index < -0.39 is 17.1 Å². The smallest absolute Gasteiger partial charge is 0.169 e. The van der Waals surface area contributed by atoms with E-state index in [2.05, 4.69) is 15.9 Å². The Hall–Kier alpha value is -0.810. The van der Waals surface area contributed by atoms with Crippen LogP contribution in [0, 0.1) is 5.82 Å². The molecule has 3 N–H and O–H groups in total. The van der Waals surface area contributed by atoms with Crippen LogP contribution in [0.15, 0.2) is 10.5 Å². The van der Waals surface area contributed by atoms with Gasteiger partial charge in [-0.2, -0.15) is 0 Å². The van der Waals surface area contributed by atoms with Crippen LogP contribution < -0.4 is 10.5 Å². The van der Waals surface area contributed by atoms with E-state index in [4.69, 9.17) is 10.5 Å². The minimum atomic E-state index is -0.686. The van der Waals surface area contributed by atoms with Crippen molar-refractivity contribution in [2.24, 2.45) is 5.73 Å². The van der Waals surface area contributed by atoms with Gasteiger partial charge in [-0.15, -0.1) is 0 Å². The van der Waals surface area contributed by atoms with E-state index in [9.17, 15) is 9.50 Å². The second-order valence-corrected chi connectivity index (χ2v) is 4.55. The third kappa shape index (κ3) is 1.59. The first-order valence-electron chi connectivity index (χ1n) is 4.54. The molecule has 3 nitrogen and oxygen atoms in total. The van der Waals surface area contributed by atoms with E-state index in [0.717, 1.165) is 12.8 Å². The Morgan fingerprint density at radius 2 is 2.20 bits per heavy atom. The van der Waals surface area contributed by atoms with Crippen molar-refractivity contribution in [1.82, 2.24) is 0 Å². The van der Waals surface area contributed by atoms with Crippen LogP contribution >= 0.6 is 15.9 Å². The Morgan fingerprint density at radius 1 is 1.60 bits per heavy atom. The highest BCUT2D eigenvalue weighted by Crippen LogP contribution is 2.50. The van der Waals surface area contributed by atoms with E-state index in [1.165, 1.54) is 13.2 Å². The van der Waals surface area contributed by atoms with E-state index in [1.54, 1.807) is 0 Å². The Balaban J connectivity index is 2.63. The van der Waals surface area contributed by atoms with Gasteiger partial charge in [0.1, 0.15) is 10.2 Å². The monoisotopic (exact) mass is 275 g/mol. The molecule has 1 fully saturated rings. The lowest BCUT2D eigenvalue weighted by Crippen LogP contribution is -2.20. The van der Waals surface area contributed by atoms with E-state index in [1.807, 2.05) is 0 Å². The Bertz CT molecular complexity index is 418. The van der Waals surface area contributed by atoms with Crippen molar-refractivity contribution < 1.29 is 14.2 Å². The maximum Gasteiger partial charge on any atom is 0.169 e. The van der Waals surface area contributed by atoms with Gasteiger partial charge in [-0.3, -0.25) is 0 Å². The molecule has 1 aliphatic rings. The molecule has 0 radical (unpaired) electrons. The molecule has 0 unspecified atom stereocenters. The molecule has 1 saturated carbocycles. The second kappa shape index (κ2) is 3.35. The molecule has 1 aromatic carbocycles. The molecule has 0 aromatic heterocycles. The minimum Gasteiger partial charge on any atom is -0.504 e. The lowest BCUT2D eigenvalue weighted by atomic mass is 10.0. The van der Waals surface area contributed by atoms with Gasteiger partial charge >= 0.3 is 0 Å². The Morgan fingerprint density at radius 3 is 2.67 bits per heavy atom. The lowest BCUT2D eigenvalue weighted by Gasteiger charge is -2.16. The summed E-state index contributed by atoms with van der Waals surface area (Å²) in [6.45, 7) is 0. The van der Waals surface area contributed by atoms with Crippen LogP contribution in [0.5, 0.6) is 11.5 Å². The predicted octanol–water partition coefficient (Wildman–Crippen LogP) is 2.25. The summed E-state index contributed by atoms with van der Waals surface area (Å²) in [6.07, 6.45) is 1.61. The van der Waals surface area contributed by atoms with E-state index in [-0.39, 0.29) is 4.47 Å². The second-order valence-electron chi connectivity index (χ2n) is 3.76. The maximum absolute atomic E-state index is 13.3. The van der Waals surface area contributed by atoms with Gasteiger partial charge in [0.05, 0.1) is 7.11 Å². The zero-order valence-electron chi connectivity index (χ0n) is 8.18. The molecular formula is C10H11BrFNO2. The van der Waals surface area contributed by atoms with Crippen LogP contribution in [-0.4, -0.2) is 12.2 Å². The van der Waals surface area contributed by atoms with E-state index in [0.29, 0.717) is 11.3 Å². The van der Waals surface area contributed by atoms with Gasteiger partial charge in [-0.1, -0.05) is 0 Å². The number of rotatable bonds is 2. The lowest BCUT2D eigenvalue weighted by molar-refractivity contribution is 0.382. The summed E-state index contributed by atoms with van der Waals surface area (Å²) < 4.78 is 18.7. The third-order valence-electron chi connectivity index (χ3n) is 2.68.